The van der Waals surface area contributed by atoms with E-state index in [-0.39, 0.29) is 0 Å². The van der Waals surface area contributed by atoms with Crippen molar-refractivity contribution < 1.29 is 0 Å². The van der Waals surface area contributed by atoms with E-state index in [0.717, 1.165) is 0 Å². The molecular formula is C33H42Si2. The molecule has 0 aromatic heterocycles. The Balaban J connectivity index is 2.28. The second-order valence-corrected chi connectivity index (χ2v) is 20.6. The molecule has 0 nitrogen and oxygen atoms in total. The fourth-order valence-corrected chi connectivity index (χ4v) is 14.1. The van der Waals surface area contributed by atoms with Gasteiger partial charge in [0.1, 0.15) is 0 Å². The fourth-order valence-electron chi connectivity index (χ4n) is 6.40. The van der Waals surface area contributed by atoms with Crippen LogP contribution in [0.5, 0.6) is 0 Å². The van der Waals surface area contributed by atoms with Gasteiger partial charge in [-0.15, -0.1) is 0 Å². The third-order valence-corrected chi connectivity index (χ3v) is 16.0. The van der Waals surface area contributed by atoms with Crippen LogP contribution in [-0.2, 0) is 0 Å². The highest BCUT2D eigenvalue weighted by molar-refractivity contribution is 7.17. The van der Waals surface area contributed by atoms with Crippen LogP contribution in [0.25, 0.3) is 0 Å². The molecule has 1 aliphatic rings. The minimum absolute atomic E-state index is 0.441. The fraction of sp³-hybridized carbons (Fsp3) is 0.333. The van der Waals surface area contributed by atoms with Gasteiger partial charge in [0, 0.05) is 0 Å². The van der Waals surface area contributed by atoms with Gasteiger partial charge in [-0.25, -0.2) is 0 Å². The van der Waals surface area contributed by atoms with Gasteiger partial charge in [0.25, 0.3) is 0 Å². The summed E-state index contributed by atoms with van der Waals surface area (Å²) in [4.78, 5) is 0. The molecule has 0 heterocycles. The van der Waals surface area contributed by atoms with Crippen LogP contribution < -0.4 is 20.7 Å². The van der Waals surface area contributed by atoms with Crippen LogP contribution in [-0.4, -0.2) is 16.1 Å². The second-order valence-electron chi connectivity index (χ2n) is 11.8. The smallest absolute Gasteiger partial charge is 0.0656 e. The minimum atomic E-state index is -2.57. The maximum Gasteiger partial charge on any atom is 0.177 e. The van der Waals surface area contributed by atoms with Crippen LogP contribution >= 0.6 is 0 Å². The van der Waals surface area contributed by atoms with Gasteiger partial charge in [-0.05, 0) is 68.6 Å². The first-order valence-electron chi connectivity index (χ1n) is 13.0. The molecule has 1 aliphatic carbocycles. The Morgan fingerprint density at radius 2 is 1.17 bits per heavy atom. The molecule has 2 atom stereocenters. The third-order valence-electron chi connectivity index (χ3n) is 8.48. The van der Waals surface area contributed by atoms with Crippen molar-refractivity contribution in [1.82, 2.24) is 0 Å². The Morgan fingerprint density at radius 1 is 0.600 bits per heavy atom. The zero-order valence-electron chi connectivity index (χ0n) is 23.4. The van der Waals surface area contributed by atoms with E-state index in [2.05, 4.69) is 135 Å². The van der Waals surface area contributed by atoms with Crippen molar-refractivity contribution in [3.8, 4) is 0 Å². The van der Waals surface area contributed by atoms with Gasteiger partial charge in [0.2, 0.25) is 0 Å². The van der Waals surface area contributed by atoms with E-state index in [1.54, 1.807) is 20.8 Å². The van der Waals surface area contributed by atoms with Gasteiger partial charge >= 0.3 is 0 Å². The highest BCUT2D eigenvalue weighted by atomic mass is 28.3. The monoisotopic (exact) mass is 494 g/mol. The molecule has 3 aromatic rings. The Hall–Kier alpha value is -2.43. The van der Waals surface area contributed by atoms with E-state index in [0.29, 0.717) is 5.92 Å². The van der Waals surface area contributed by atoms with Gasteiger partial charge in [-0.3, -0.25) is 0 Å². The summed E-state index contributed by atoms with van der Waals surface area (Å²) in [5.74, 6) is 0.441. The quantitative estimate of drug-likeness (QED) is 0.282. The molecule has 4 rings (SSSR count). The first-order chi connectivity index (χ1) is 16.4. The summed E-state index contributed by atoms with van der Waals surface area (Å²) in [5, 5.41) is 7.90. The van der Waals surface area contributed by atoms with Crippen molar-refractivity contribution in [3.63, 3.8) is 0 Å². The molecule has 35 heavy (non-hydrogen) atoms. The van der Waals surface area contributed by atoms with E-state index in [9.17, 15) is 0 Å². The van der Waals surface area contributed by atoms with Gasteiger partial charge in [0.15, 0.2) is 8.07 Å². The summed E-state index contributed by atoms with van der Waals surface area (Å²) in [5.41, 5.74) is 8.78. The van der Waals surface area contributed by atoms with Crippen LogP contribution in [0.1, 0.15) is 44.4 Å². The standard InChI is InChI=1S/C33H42Si2/c1-22-19-30(34(8,9)10)21-31(20-22)35(29-17-12-11-13-18-29,32-23(2)15-14-16-24(32)3)33-27(6)25(4)26(5)28(33)7/h11-21,27H,1-10H3. The number of allylic oxidation sites excluding steroid dienone is 4. The summed E-state index contributed by atoms with van der Waals surface area (Å²) in [6.45, 7) is 24.0. The first-order valence-corrected chi connectivity index (χ1v) is 18.5. The molecule has 2 unspecified atom stereocenters. The summed E-state index contributed by atoms with van der Waals surface area (Å²) in [7, 11) is -4.08. The van der Waals surface area contributed by atoms with Crippen molar-refractivity contribution >= 4 is 36.9 Å². The van der Waals surface area contributed by atoms with E-state index in [1.165, 1.54) is 38.6 Å². The molecule has 3 aromatic carbocycles. The Bertz CT molecular complexity index is 1320. The van der Waals surface area contributed by atoms with Crippen molar-refractivity contribution in [1.29, 1.82) is 0 Å². The van der Waals surface area contributed by atoms with E-state index >= 15 is 0 Å². The summed E-state index contributed by atoms with van der Waals surface area (Å²) < 4.78 is 0. The predicted octanol–water partition coefficient (Wildman–Crippen LogP) is 6.47. The lowest BCUT2D eigenvalue weighted by Crippen LogP contribution is -2.71. The molecule has 2 heteroatoms. The summed E-state index contributed by atoms with van der Waals surface area (Å²) in [6, 6.07) is 26.0. The van der Waals surface area contributed by atoms with Crippen molar-refractivity contribution in [3.05, 3.63) is 105 Å². The van der Waals surface area contributed by atoms with Crippen LogP contribution in [0.15, 0.2) is 88.6 Å². The topological polar surface area (TPSA) is 0 Å². The summed E-state index contributed by atoms with van der Waals surface area (Å²) >= 11 is 0. The first kappa shape index (κ1) is 25.7. The number of rotatable bonds is 5. The van der Waals surface area contributed by atoms with Crippen molar-refractivity contribution in [2.75, 3.05) is 0 Å². The molecule has 182 valence electrons. The average molecular weight is 495 g/mol. The van der Waals surface area contributed by atoms with Crippen LogP contribution in [0, 0.1) is 26.7 Å². The van der Waals surface area contributed by atoms with E-state index < -0.39 is 16.1 Å². The lowest BCUT2D eigenvalue weighted by molar-refractivity contribution is 0.851. The van der Waals surface area contributed by atoms with Gasteiger partial charge < -0.3 is 0 Å². The maximum atomic E-state index is 2.63. The lowest BCUT2D eigenvalue weighted by Gasteiger charge is -2.41. The molecule has 0 amide bonds. The molecule has 0 spiro atoms. The third kappa shape index (κ3) is 4.15. The van der Waals surface area contributed by atoms with E-state index in [4.69, 9.17) is 0 Å². The molecule has 0 radical (unpaired) electrons. The number of hydrogen-bond donors (Lipinski definition) is 0. The molecule has 0 fully saturated rings. The maximum absolute atomic E-state index is 2.63. The Labute approximate surface area is 215 Å². The molecule has 0 N–H and O–H groups in total. The number of hydrogen-bond acceptors (Lipinski definition) is 0. The number of benzene rings is 3. The van der Waals surface area contributed by atoms with Gasteiger partial charge in [0.05, 0.1) is 8.07 Å². The van der Waals surface area contributed by atoms with Crippen LogP contribution in [0.4, 0.5) is 0 Å². The van der Waals surface area contributed by atoms with E-state index in [1.807, 2.05) is 0 Å². The normalized spacial score (nSPS) is 18.3. The van der Waals surface area contributed by atoms with Crippen molar-refractivity contribution in [2.45, 2.75) is 68.1 Å². The molecule has 0 saturated carbocycles. The highest BCUT2D eigenvalue weighted by Crippen LogP contribution is 2.41. The van der Waals surface area contributed by atoms with Crippen LogP contribution in [0.3, 0.4) is 0 Å². The van der Waals surface area contributed by atoms with Gasteiger partial charge in [-0.2, -0.15) is 0 Å². The summed E-state index contributed by atoms with van der Waals surface area (Å²) in [6.07, 6.45) is 0. The van der Waals surface area contributed by atoms with Gasteiger partial charge in [-0.1, -0.05) is 132 Å². The second kappa shape index (κ2) is 9.22. The minimum Gasteiger partial charge on any atom is -0.0656 e. The zero-order valence-corrected chi connectivity index (χ0v) is 25.4. The highest BCUT2D eigenvalue weighted by Gasteiger charge is 2.49. The molecular weight excluding hydrogens is 453 g/mol. The molecule has 0 saturated heterocycles. The Morgan fingerprint density at radius 3 is 1.69 bits per heavy atom. The lowest BCUT2D eigenvalue weighted by atomic mass is 10.1. The molecule has 0 aliphatic heterocycles. The largest absolute Gasteiger partial charge is 0.177 e. The molecule has 0 bridgehead atoms. The van der Waals surface area contributed by atoms with Crippen molar-refractivity contribution in [2.24, 2.45) is 5.92 Å². The zero-order chi connectivity index (χ0) is 25.7. The average Bonchev–Trinajstić information content (AvgIpc) is 2.99. The number of aryl methyl sites for hydroxylation is 3. The predicted molar refractivity (Wildman–Crippen MR) is 161 cm³/mol. The Kier molecular flexibility index (Phi) is 6.76. The van der Waals surface area contributed by atoms with Crippen LogP contribution in [0.2, 0.25) is 19.6 Å². The SMILES string of the molecule is CC1=C(C)C(C)C([Si](c2ccccc2)(c2cc(C)cc([Si](C)(C)C)c2)c2c(C)cccc2C)=C1C.